The minimum atomic E-state index is -0.491. The predicted molar refractivity (Wildman–Crippen MR) is 165 cm³/mol. The monoisotopic (exact) mass is 571 g/mol. The van der Waals surface area contributed by atoms with E-state index in [-0.39, 0.29) is 23.7 Å². The van der Waals surface area contributed by atoms with Gasteiger partial charge in [-0.25, -0.2) is 4.79 Å². The molecule has 0 fully saturated rings. The number of esters is 1. The van der Waals surface area contributed by atoms with Crippen LogP contribution in [0.2, 0.25) is 0 Å². The molecule has 230 valence electrons. The third-order valence-corrected chi connectivity index (χ3v) is 6.87. The van der Waals surface area contributed by atoms with E-state index >= 15 is 0 Å². The van der Waals surface area contributed by atoms with Crippen molar-refractivity contribution in [1.29, 1.82) is 0 Å². The largest absolute Gasteiger partial charge is 0.451 e. The second-order valence-corrected chi connectivity index (χ2v) is 10.9. The minimum absolute atomic E-state index is 0.0609. The summed E-state index contributed by atoms with van der Waals surface area (Å²) in [6, 6.07) is 0. The van der Waals surface area contributed by atoms with Crippen LogP contribution in [0, 0.1) is 0 Å². The summed E-state index contributed by atoms with van der Waals surface area (Å²) in [5, 5.41) is 5.91. The number of ether oxygens (including phenoxy) is 1. The second-order valence-electron chi connectivity index (χ2n) is 10.9. The van der Waals surface area contributed by atoms with Crippen LogP contribution in [-0.4, -0.2) is 36.3 Å². The molecule has 1 atom stereocenters. The Labute approximate surface area is 247 Å². The van der Waals surface area contributed by atoms with Crippen molar-refractivity contribution in [3.05, 3.63) is 47.2 Å². The van der Waals surface area contributed by atoms with E-state index in [1.54, 1.807) is 6.08 Å². The number of hydrogen-bond donors (Lipinski definition) is 3. The van der Waals surface area contributed by atoms with Crippen LogP contribution in [0.1, 0.15) is 124 Å². The number of rotatable bonds is 19. The molecule has 8 nitrogen and oxygen atoms in total. The lowest BCUT2D eigenvalue weighted by Crippen LogP contribution is -2.24. The van der Waals surface area contributed by atoms with Gasteiger partial charge < -0.3 is 21.1 Å². The van der Waals surface area contributed by atoms with Gasteiger partial charge in [0, 0.05) is 38.1 Å². The van der Waals surface area contributed by atoms with Gasteiger partial charge in [-0.2, -0.15) is 0 Å². The molecule has 0 aromatic rings. The van der Waals surface area contributed by atoms with Crippen LogP contribution >= 0.6 is 0 Å². The Kier molecular flexibility index (Phi) is 19.7. The number of unbranched alkanes of at least 4 members (excludes halogenated alkanes) is 12. The van der Waals surface area contributed by atoms with Gasteiger partial charge in [-0.1, -0.05) is 83.6 Å². The molecule has 0 aromatic carbocycles. The normalized spacial score (nSPS) is 15.6. The number of nitrogens with two attached hydrogens (primary N) is 1. The van der Waals surface area contributed by atoms with Crippen molar-refractivity contribution in [2.75, 3.05) is 6.54 Å². The van der Waals surface area contributed by atoms with Gasteiger partial charge in [0.05, 0.1) is 0 Å². The van der Waals surface area contributed by atoms with Crippen LogP contribution in [-0.2, 0) is 23.9 Å². The van der Waals surface area contributed by atoms with E-state index < -0.39 is 6.10 Å². The zero-order chi connectivity index (χ0) is 30.3. The fourth-order valence-electron chi connectivity index (χ4n) is 4.61. The van der Waals surface area contributed by atoms with Gasteiger partial charge in [0.15, 0.2) is 0 Å². The van der Waals surface area contributed by atoms with Gasteiger partial charge in [0.25, 0.3) is 0 Å². The maximum atomic E-state index is 12.3. The number of carbonyl (C=O) groups excluding carboxylic acids is 4. The number of primary amides is 1. The molecule has 41 heavy (non-hydrogen) atoms. The number of allylic oxidation sites excluding steroid dienone is 4. The Morgan fingerprint density at radius 1 is 0.805 bits per heavy atom. The van der Waals surface area contributed by atoms with Gasteiger partial charge >= 0.3 is 5.97 Å². The van der Waals surface area contributed by atoms with Crippen LogP contribution < -0.4 is 16.4 Å². The minimum Gasteiger partial charge on any atom is -0.451 e. The average molecular weight is 572 g/mol. The van der Waals surface area contributed by atoms with E-state index in [4.69, 9.17) is 4.74 Å². The first-order valence-electron chi connectivity index (χ1n) is 15.5. The Morgan fingerprint density at radius 3 is 1.95 bits per heavy atom. The molecule has 2 bridgehead atoms. The van der Waals surface area contributed by atoms with Gasteiger partial charge in [-0.3, -0.25) is 14.4 Å². The standard InChI is InChI=1S/C31H48N2O4.C2H5NO/c1-3-4-5-6-7-8-9-10-11-12-14-17-29(34)32-21-16-13-15-18-30(35)33-27-20-19-26-23-28(24-27)37-31(36)22-25(26)2;1-2(3)4/h19-20,22-24,28H,3-18,21H2,1-2H3,(H,32,34)(H,33,35);1H3,(H2,3,4). The highest BCUT2D eigenvalue weighted by atomic mass is 16.5. The van der Waals surface area contributed by atoms with Crippen LogP contribution in [0.5, 0.6) is 0 Å². The van der Waals surface area contributed by atoms with Crippen LogP contribution in [0.15, 0.2) is 47.2 Å². The fourth-order valence-corrected chi connectivity index (χ4v) is 4.61. The maximum Gasteiger partial charge on any atom is 0.331 e. The zero-order valence-electron chi connectivity index (χ0n) is 25.6. The first-order valence-corrected chi connectivity index (χ1v) is 15.5. The van der Waals surface area contributed by atoms with Gasteiger partial charge in [-0.15, -0.1) is 0 Å². The van der Waals surface area contributed by atoms with E-state index in [1.165, 1.54) is 70.8 Å². The lowest BCUT2D eigenvalue weighted by atomic mass is 10.1. The number of carbonyl (C=O) groups is 4. The molecular formula is C33H53N3O5. The number of amides is 3. The molecule has 1 aliphatic carbocycles. The average Bonchev–Trinajstić information content (AvgIpc) is 3.18. The van der Waals surface area contributed by atoms with Crippen molar-refractivity contribution in [2.45, 2.75) is 130 Å². The van der Waals surface area contributed by atoms with Gasteiger partial charge in [0.1, 0.15) is 6.10 Å². The Hall–Kier alpha value is -3.16. The van der Waals surface area contributed by atoms with Crippen LogP contribution in [0.3, 0.4) is 0 Å². The van der Waals surface area contributed by atoms with E-state index in [2.05, 4.69) is 23.3 Å². The van der Waals surface area contributed by atoms with Gasteiger partial charge in [-0.05, 0) is 55.6 Å². The summed E-state index contributed by atoms with van der Waals surface area (Å²) in [6.07, 6.45) is 26.0. The molecule has 1 unspecified atom stereocenters. The third kappa shape index (κ3) is 19.5. The van der Waals surface area contributed by atoms with Crippen molar-refractivity contribution in [3.63, 3.8) is 0 Å². The van der Waals surface area contributed by atoms with E-state index in [9.17, 15) is 19.2 Å². The molecule has 1 aliphatic heterocycles. The summed E-state index contributed by atoms with van der Waals surface area (Å²) >= 11 is 0. The summed E-state index contributed by atoms with van der Waals surface area (Å²) in [7, 11) is 0. The van der Waals surface area contributed by atoms with Crippen molar-refractivity contribution in [1.82, 2.24) is 10.6 Å². The smallest absolute Gasteiger partial charge is 0.331 e. The fraction of sp³-hybridized carbons (Fsp3) is 0.636. The van der Waals surface area contributed by atoms with E-state index in [0.717, 1.165) is 43.3 Å². The summed E-state index contributed by atoms with van der Waals surface area (Å²) in [4.78, 5) is 45.4. The molecule has 4 N–H and O–H groups in total. The molecule has 3 amide bonds. The molecule has 0 spiro atoms. The molecular weight excluding hydrogens is 518 g/mol. The lowest BCUT2D eigenvalue weighted by Gasteiger charge is -2.10. The van der Waals surface area contributed by atoms with Crippen molar-refractivity contribution >= 4 is 23.7 Å². The number of fused-ring (bicyclic) bond motifs is 1. The van der Waals surface area contributed by atoms with Crippen LogP contribution in [0.25, 0.3) is 0 Å². The summed E-state index contributed by atoms with van der Waals surface area (Å²) in [5.74, 6) is -0.631. The predicted octanol–water partition coefficient (Wildman–Crippen LogP) is 6.22. The molecule has 1 heterocycles. The second kappa shape index (κ2) is 22.5. The summed E-state index contributed by atoms with van der Waals surface area (Å²) < 4.78 is 5.36. The molecule has 8 heteroatoms. The van der Waals surface area contributed by atoms with E-state index in [1.807, 2.05) is 25.2 Å². The highest BCUT2D eigenvalue weighted by Crippen LogP contribution is 2.22. The Bertz CT molecular complexity index is 945. The third-order valence-electron chi connectivity index (χ3n) is 6.87. The Balaban J connectivity index is 0.00000196. The molecule has 2 aliphatic rings. The highest BCUT2D eigenvalue weighted by Gasteiger charge is 2.18. The topological polar surface area (TPSA) is 128 Å². The first-order chi connectivity index (χ1) is 19.7. The molecule has 0 saturated heterocycles. The molecule has 0 aromatic heterocycles. The maximum absolute atomic E-state index is 12.3. The molecule has 0 radical (unpaired) electrons. The lowest BCUT2D eigenvalue weighted by molar-refractivity contribution is -0.139. The molecule has 2 rings (SSSR count). The zero-order valence-corrected chi connectivity index (χ0v) is 25.6. The quantitative estimate of drug-likeness (QED) is 0.125. The molecule has 0 saturated carbocycles. The highest BCUT2D eigenvalue weighted by molar-refractivity contribution is 5.85. The van der Waals surface area contributed by atoms with Gasteiger partial charge in [0.2, 0.25) is 17.7 Å². The summed E-state index contributed by atoms with van der Waals surface area (Å²) in [6.45, 7) is 6.09. The van der Waals surface area contributed by atoms with Crippen molar-refractivity contribution < 1.29 is 23.9 Å². The first kappa shape index (κ1) is 35.9. The van der Waals surface area contributed by atoms with Crippen LogP contribution in [0.4, 0.5) is 0 Å². The van der Waals surface area contributed by atoms with E-state index in [0.29, 0.717) is 25.1 Å². The number of nitrogens with one attached hydrogen (secondary N) is 2. The van der Waals surface area contributed by atoms with Crippen molar-refractivity contribution in [3.8, 4) is 0 Å². The summed E-state index contributed by atoms with van der Waals surface area (Å²) in [5.41, 5.74) is 6.87. The number of hydrogen-bond acceptors (Lipinski definition) is 5. The van der Waals surface area contributed by atoms with Crippen molar-refractivity contribution in [2.24, 2.45) is 5.73 Å². The SMILES string of the molecule is CC(N)=O.CCCCCCCCCCCCCC(=O)NCCCCCC(=O)NC1=CC2C=C(C=C1)C(C)=CC(=O)O2. The Morgan fingerprint density at radius 2 is 1.34 bits per heavy atom.